The molecular weight excluding hydrogens is 220 g/mol. The van der Waals surface area contributed by atoms with Gasteiger partial charge in [0.15, 0.2) is 0 Å². The van der Waals surface area contributed by atoms with Crippen LogP contribution in [-0.4, -0.2) is 12.6 Å². The number of benzene rings is 2. The highest BCUT2D eigenvalue weighted by Crippen LogP contribution is 2.24. The fourth-order valence-electron chi connectivity index (χ4n) is 2.35. The molecule has 0 heterocycles. The fourth-order valence-corrected chi connectivity index (χ4v) is 2.35. The summed E-state index contributed by atoms with van der Waals surface area (Å²) in [6.45, 7) is 5.13. The van der Waals surface area contributed by atoms with Crippen LogP contribution in [-0.2, 0) is 0 Å². The van der Waals surface area contributed by atoms with Crippen molar-refractivity contribution in [3.05, 3.63) is 42.5 Å². The Labute approximate surface area is 109 Å². The second-order valence-electron chi connectivity index (χ2n) is 5.23. The average molecular weight is 242 g/mol. The number of hydrogen-bond donors (Lipinski definition) is 2. The molecule has 0 saturated carbocycles. The molecule has 96 valence electrons. The van der Waals surface area contributed by atoms with E-state index in [9.17, 15) is 0 Å². The molecule has 1 atom stereocenters. The zero-order valence-electron chi connectivity index (χ0n) is 11.2. The summed E-state index contributed by atoms with van der Waals surface area (Å²) >= 11 is 0. The van der Waals surface area contributed by atoms with Crippen molar-refractivity contribution >= 4 is 16.5 Å². The molecule has 0 spiro atoms. The Morgan fingerprint density at radius 2 is 1.78 bits per heavy atom. The van der Waals surface area contributed by atoms with Crippen molar-refractivity contribution in [1.29, 1.82) is 0 Å². The van der Waals surface area contributed by atoms with Crippen molar-refractivity contribution in [2.24, 2.45) is 11.7 Å². The number of rotatable bonds is 5. The Kier molecular flexibility index (Phi) is 4.21. The van der Waals surface area contributed by atoms with Gasteiger partial charge in [-0.3, -0.25) is 0 Å². The summed E-state index contributed by atoms with van der Waals surface area (Å²) in [7, 11) is 0. The van der Waals surface area contributed by atoms with Gasteiger partial charge in [0.1, 0.15) is 0 Å². The average Bonchev–Trinajstić information content (AvgIpc) is 2.38. The van der Waals surface area contributed by atoms with E-state index < -0.39 is 0 Å². The highest BCUT2D eigenvalue weighted by atomic mass is 14.9. The van der Waals surface area contributed by atoms with E-state index >= 15 is 0 Å². The van der Waals surface area contributed by atoms with E-state index in [-0.39, 0.29) is 0 Å². The Balaban J connectivity index is 2.25. The molecule has 0 radical (unpaired) electrons. The van der Waals surface area contributed by atoms with Crippen LogP contribution in [0.2, 0.25) is 0 Å². The molecule has 1 unspecified atom stereocenters. The van der Waals surface area contributed by atoms with Crippen molar-refractivity contribution in [2.45, 2.75) is 26.3 Å². The number of nitrogens with two attached hydrogens (primary N) is 1. The second-order valence-corrected chi connectivity index (χ2v) is 5.23. The van der Waals surface area contributed by atoms with Crippen LogP contribution in [0.15, 0.2) is 42.5 Å². The molecule has 2 aromatic rings. The van der Waals surface area contributed by atoms with Crippen LogP contribution >= 0.6 is 0 Å². The van der Waals surface area contributed by atoms with Gasteiger partial charge in [0.05, 0.1) is 0 Å². The van der Waals surface area contributed by atoms with E-state index in [1.54, 1.807) is 0 Å². The zero-order chi connectivity index (χ0) is 13.0. The monoisotopic (exact) mass is 242 g/mol. The first-order valence-electron chi connectivity index (χ1n) is 6.65. The first-order valence-corrected chi connectivity index (χ1v) is 6.65. The van der Waals surface area contributed by atoms with Gasteiger partial charge in [0.2, 0.25) is 0 Å². The normalized spacial score (nSPS) is 12.9. The predicted octanol–water partition coefficient (Wildman–Crippen LogP) is 3.63. The van der Waals surface area contributed by atoms with Crippen LogP contribution < -0.4 is 11.1 Å². The number of fused-ring (bicyclic) bond motifs is 1. The minimum Gasteiger partial charge on any atom is -0.381 e. The van der Waals surface area contributed by atoms with Gasteiger partial charge in [0, 0.05) is 23.7 Å². The van der Waals surface area contributed by atoms with Crippen LogP contribution in [0.25, 0.3) is 10.8 Å². The van der Waals surface area contributed by atoms with Crippen LogP contribution in [0.4, 0.5) is 5.69 Å². The molecule has 3 N–H and O–H groups in total. The van der Waals surface area contributed by atoms with Crippen molar-refractivity contribution < 1.29 is 0 Å². The van der Waals surface area contributed by atoms with Gasteiger partial charge in [-0.25, -0.2) is 0 Å². The van der Waals surface area contributed by atoms with Crippen molar-refractivity contribution in [3.8, 4) is 0 Å². The lowest BCUT2D eigenvalue weighted by atomic mass is 10.0. The Morgan fingerprint density at radius 3 is 2.50 bits per heavy atom. The highest BCUT2D eigenvalue weighted by Gasteiger charge is 2.10. The summed E-state index contributed by atoms with van der Waals surface area (Å²) in [5, 5.41) is 6.11. The molecule has 0 bridgehead atoms. The van der Waals surface area contributed by atoms with E-state index in [0.29, 0.717) is 18.5 Å². The highest BCUT2D eigenvalue weighted by molar-refractivity contribution is 5.93. The quantitative estimate of drug-likeness (QED) is 0.840. The van der Waals surface area contributed by atoms with E-state index in [4.69, 9.17) is 5.73 Å². The SMILES string of the molecule is CC(C)CC(CN)Nc1cccc2ccccc12. The maximum atomic E-state index is 5.85. The van der Waals surface area contributed by atoms with Gasteiger partial charge in [-0.15, -0.1) is 0 Å². The topological polar surface area (TPSA) is 38.0 Å². The molecule has 0 aliphatic carbocycles. The second kappa shape index (κ2) is 5.87. The van der Waals surface area contributed by atoms with Gasteiger partial charge in [-0.1, -0.05) is 50.2 Å². The van der Waals surface area contributed by atoms with E-state index in [1.165, 1.54) is 16.5 Å². The minimum absolute atomic E-state index is 0.343. The lowest BCUT2D eigenvalue weighted by molar-refractivity contribution is 0.522. The molecular formula is C16H22N2. The summed E-state index contributed by atoms with van der Waals surface area (Å²) in [4.78, 5) is 0. The first-order chi connectivity index (χ1) is 8.70. The number of nitrogens with one attached hydrogen (secondary N) is 1. The van der Waals surface area contributed by atoms with Gasteiger partial charge in [-0.05, 0) is 23.8 Å². The van der Waals surface area contributed by atoms with Gasteiger partial charge in [-0.2, -0.15) is 0 Å². The molecule has 2 rings (SSSR count). The maximum absolute atomic E-state index is 5.85. The third-order valence-electron chi connectivity index (χ3n) is 3.19. The standard InChI is InChI=1S/C16H22N2/c1-12(2)10-14(11-17)18-16-9-5-7-13-6-3-4-8-15(13)16/h3-9,12,14,18H,10-11,17H2,1-2H3. The smallest absolute Gasteiger partial charge is 0.0422 e. The van der Waals surface area contributed by atoms with Crippen molar-refractivity contribution in [1.82, 2.24) is 0 Å². The lowest BCUT2D eigenvalue weighted by Gasteiger charge is -2.21. The molecule has 2 nitrogen and oxygen atoms in total. The van der Waals surface area contributed by atoms with Gasteiger partial charge >= 0.3 is 0 Å². The minimum atomic E-state index is 0.343. The summed E-state index contributed by atoms with van der Waals surface area (Å²) in [5.41, 5.74) is 7.03. The molecule has 18 heavy (non-hydrogen) atoms. The van der Waals surface area contributed by atoms with Gasteiger partial charge in [0.25, 0.3) is 0 Å². The van der Waals surface area contributed by atoms with Crippen molar-refractivity contribution in [2.75, 3.05) is 11.9 Å². The first kappa shape index (κ1) is 12.9. The summed E-state index contributed by atoms with van der Waals surface area (Å²) < 4.78 is 0. The van der Waals surface area contributed by atoms with Crippen LogP contribution in [0.1, 0.15) is 20.3 Å². The molecule has 0 saturated heterocycles. The maximum Gasteiger partial charge on any atom is 0.0422 e. The largest absolute Gasteiger partial charge is 0.381 e. The molecule has 0 aliphatic heterocycles. The lowest BCUT2D eigenvalue weighted by Crippen LogP contribution is -2.30. The number of hydrogen-bond acceptors (Lipinski definition) is 2. The summed E-state index contributed by atoms with van der Waals surface area (Å²) in [6, 6.07) is 15.1. The molecule has 0 fully saturated rings. The predicted molar refractivity (Wildman–Crippen MR) is 79.9 cm³/mol. The third kappa shape index (κ3) is 3.02. The summed E-state index contributed by atoms with van der Waals surface area (Å²) in [5.74, 6) is 0.654. The third-order valence-corrected chi connectivity index (χ3v) is 3.19. The number of anilines is 1. The fraction of sp³-hybridized carbons (Fsp3) is 0.375. The molecule has 0 aromatic heterocycles. The van der Waals surface area contributed by atoms with Crippen LogP contribution in [0.5, 0.6) is 0 Å². The van der Waals surface area contributed by atoms with Crippen LogP contribution in [0, 0.1) is 5.92 Å². The Hall–Kier alpha value is -1.54. The molecule has 2 aromatic carbocycles. The summed E-state index contributed by atoms with van der Waals surface area (Å²) in [6.07, 6.45) is 1.10. The Morgan fingerprint density at radius 1 is 1.06 bits per heavy atom. The van der Waals surface area contributed by atoms with E-state index in [0.717, 1.165) is 6.42 Å². The Bertz CT molecular complexity index is 500. The van der Waals surface area contributed by atoms with E-state index in [1.807, 2.05) is 0 Å². The molecule has 0 amide bonds. The van der Waals surface area contributed by atoms with E-state index in [2.05, 4.69) is 61.6 Å². The zero-order valence-corrected chi connectivity index (χ0v) is 11.2. The molecule has 2 heteroatoms. The van der Waals surface area contributed by atoms with Crippen molar-refractivity contribution in [3.63, 3.8) is 0 Å². The molecule has 0 aliphatic rings. The van der Waals surface area contributed by atoms with Gasteiger partial charge < -0.3 is 11.1 Å². The van der Waals surface area contributed by atoms with Crippen LogP contribution in [0.3, 0.4) is 0 Å².